The summed E-state index contributed by atoms with van der Waals surface area (Å²) in [4.78, 5) is 19.2. The molecule has 0 radical (unpaired) electrons. The SMILES string of the molecule is Cc1nn(C)c(N)c1C(=O)N1CCC(c2ccnc3ccccc23)CC1. The van der Waals surface area contributed by atoms with Gasteiger partial charge in [-0.15, -0.1) is 0 Å². The minimum Gasteiger partial charge on any atom is -0.383 e. The largest absolute Gasteiger partial charge is 0.383 e. The van der Waals surface area contributed by atoms with E-state index in [1.807, 2.05) is 30.2 Å². The van der Waals surface area contributed by atoms with E-state index < -0.39 is 0 Å². The van der Waals surface area contributed by atoms with Crippen LogP contribution in [0.3, 0.4) is 0 Å². The molecular formula is C20H23N5O. The molecule has 1 fully saturated rings. The molecular weight excluding hydrogens is 326 g/mol. The van der Waals surface area contributed by atoms with Gasteiger partial charge in [-0.2, -0.15) is 5.10 Å². The number of nitrogen functional groups attached to an aromatic ring is 1. The Balaban J connectivity index is 1.53. The number of carbonyl (C=O) groups is 1. The summed E-state index contributed by atoms with van der Waals surface area (Å²) in [5, 5.41) is 5.48. The van der Waals surface area contributed by atoms with Crippen molar-refractivity contribution < 1.29 is 4.79 Å². The molecule has 6 heteroatoms. The number of rotatable bonds is 2. The highest BCUT2D eigenvalue weighted by Crippen LogP contribution is 2.33. The number of aryl methyl sites for hydroxylation is 2. The van der Waals surface area contributed by atoms with Crippen molar-refractivity contribution in [3.05, 3.63) is 53.3 Å². The molecule has 0 bridgehead atoms. The van der Waals surface area contributed by atoms with Gasteiger partial charge in [-0.05, 0) is 43.4 Å². The van der Waals surface area contributed by atoms with Crippen LogP contribution in [-0.2, 0) is 7.05 Å². The Morgan fingerprint density at radius 1 is 1.19 bits per heavy atom. The Hall–Kier alpha value is -2.89. The molecule has 0 aliphatic carbocycles. The number of piperidine rings is 1. The second-order valence-corrected chi connectivity index (χ2v) is 6.95. The lowest BCUT2D eigenvalue weighted by molar-refractivity contribution is 0.0713. The first kappa shape index (κ1) is 16.6. The number of nitrogens with two attached hydrogens (primary N) is 1. The highest BCUT2D eigenvalue weighted by Gasteiger charge is 2.28. The van der Waals surface area contributed by atoms with Gasteiger partial charge in [0.25, 0.3) is 5.91 Å². The summed E-state index contributed by atoms with van der Waals surface area (Å²) in [6, 6.07) is 10.4. The maximum absolute atomic E-state index is 12.9. The van der Waals surface area contributed by atoms with Gasteiger partial charge < -0.3 is 10.6 Å². The summed E-state index contributed by atoms with van der Waals surface area (Å²) >= 11 is 0. The Morgan fingerprint density at radius 2 is 1.92 bits per heavy atom. The van der Waals surface area contributed by atoms with Gasteiger partial charge in [0, 0.05) is 31.7 Å². The van der Waals surface area contributed by atoms with Crippen LogP contribution in [0.2, 0.25) is 0 Å². The first-order valence-corrected chi connectivity index (χ1v) is 8.98. The molecule has 3 heterocycles. The molecule has 1 aliphatic heterocycles. The summed E-state index contributed by atoms with van der Waals surface area (Å²) in [7, 11) is 1.76. The number of hydrogen-bond donors (Lipinski definition) is 1. The Labute approximate surface area is 152 Å². The molecule has 4 rings (SSSR count). The van der Waals surface area contributed by atoms with Crippen LogP contribution in [0.1, 0.15) is 40.4 Å². The van der Waals surface area contributed by atoms with Gasteiger partial charge in [0.2, 0.25) is 0 Å². The highest BCUT2D eigenvalue weighted by molar-refractivity contribution is 5.99. The van der Waals surface area contributed by atoms with Crippen molar-refractivity contribution in [2.45, 2.75) is 25.7 Å². The average Bonchev–Trinajstić information content (AvgIpc) is 2.92. The fourth-order valence-corrected chi connectivity index (χ4v) is 3.97. The number of aromatic nitrogens is 3. The molecule has 0 atom stereocenters. The van der Waals surface area contributed by atoms with E-state index in [4.69, 9.17) is 5.73 Å². The first-order valence-electron chi connectivity index (χ1n) is 8.98. The minimum absolute atomic E-state index is 0.00821. The van der Waals surface area contributed by atoms with Crippen molar-refractivity contribution in [1.82, 2.24) is 19.7 Å². The van der Waals surface area contributed by atoms with E-state index >= 15 is 0 Å². The van der Waals surface area contributed by atoms with Gasteiger partial charge in [-0.1, -0.05) is 18.2 Å². The Bertz CT molecular complexity index is 964. The van der Waals surface area contributed by atoms with E-state index in [1.54, 1.807) is 11.7 Å². The lowest BCUT2D eigenvalue weighted by Crippen LogP contribution is -2.38. The number of para-hydroxylation sites is 1. The van der Waals surface area contributed by atoms with Crippen LogP contribution in [0, 0.1) is 6.92 Å². The molecule has 1 aromatic carbocycles. The molecule has 0 saturated carbocycles. The highest BCUT2D eigenvalue weighted by atomic mass is 16.2. The van der Waals surface area contributed by atoms with Crippen LogP contribution < -0.4 is 5.73 Å². The van der Waals surface area contributed by atoms with Crippen molar-refractivity contribution in [3.63, 3.8) is 0 Å². The van der Waals surface area contributed by atoms with Gasteiger partial charge in [0.05, 0.1) is 11.2 Å². The summed E-state index contributed by atoms with van der Waals surface area (Å²) < 4.78 is 1.57. The van der Waals surface area contributed by atoms with Gasteiger partial charge in [-0.3, -0.25) is 14.5 Å². The molecule has 0 unspecified atom stereocenters. The van der Waals surface area contributed by atoms with Crippen molar-refractivity contribution in [2.75, 3.05) is 18.8 Å². The number of fused-ring (bicyclic) bond motifs is 1. The number of pyridine rings is 1. The normalized spacial score (nSPS) is 15.5. The summed E-state index contributed by atoms with van der Waals surface area (Å²) in [5.41, 5.74) is 9.63. The van der Waals surface area contributed by atoms with E-state index in [9.17, 15) is 4.79 Å². The van der Waals surface area contributed by atoms with E-state index in [0.29, 0.717) is 23.0 Å². The van der Waals surface area contributed by atoms with E-state index in [2.05, 4.69) is 28.3 Å². The molecule has 26 heavy (non-hydrogen) atoms. The van der Waals surface area contributed by atoms with Crippen LogP contribution >= 0.6 is 0 Å². The second-order valence-electron chi connectivity index (χ2n) is 6.95. The Kier molecular flexibility index (Phi) is 4.11. The maximum Gasteiger partial charge on any atom is 0.259 e. The fourth-order valence-electron chi connectivity index (χ4n) is 3.97. The number of nitrogens with zero attached hydrogens (tertiary/aromatic N) is 4. The van der Waals surface area contributed by atoms with Gasteiger partial charge in [0.15, 0.2) is 0 Å². The number of amides is 1. The zero-order valence-corrected chi connectivity index (χ0v) is 15.1. The second kappa shape index (κ2) is 6.44. The lowest BCUT2D eigenvalue weighted by atomic mass is 9.87. The molecule has 134 valence electrons. The summed E-state index contributed by atoms with van der Waals surface area (Å²) in [5.74, 6) is 0.875. The Morgan fingerprint density at radius 3 is 2.62 bits per heavy atom. The number of anilines is 1. The van der Waals surface area contributed by atoms with Crippen molar-refractivity contribution in [2.24, 2.45) is 7.05 Å². The number of likely N-dealkylation sites (tertiary alicyclic amines) is 1. The average molecular weight is 349 g/mol. The van der Waals surface area contributed by atoms with Gasteiger partial charge in [0.1, 0.15) is 11.4 Å². The zero-order chi connectivity index (χ0) is 18.3. The third-order valence-corrected chi connectivity index (χ3v) is 5.39. The summed E-state index contributed by atoms with van der Waals surface area (Å²) in [6.07, 6.45) is 3.77. The standard InChI is InChI=1S/C20H23N5O/c1-13-18(19(21)24(2)23-13)20(26)25-11-8-14(9-12-25)15-7-10-22-17-6-4-3-5-16(15)17/h3-7,10,14H,8-9,11-12,21H2,1-2H3. The van der Waals surface area contributed by atoms with E-state index in [0.717, 1.165) is 31.4 Å². The van der Waals surface area contributed by atoms with E-state index in [1.165, 1.54) is 10.9 Å². The van der Waals surface area contributed by atoms with Gasteiger partial charge in [-0.25, -0.2) is 0 Å². The number of carbonyl (C=O) groups excluding carboxylic acids is 1. The predicted octanol–water partition coefficient (Wildman–Crippen LogP) is 2.88. The monoisotopic (exact) mass is 349 g/mol. The van der Waals surface area contributed by atoms with Crippen LogP contribution in [0.4, 0.5) is 5.82 Å². The van der Waals surface area contributed by atoms with Crippen molar-refractivity contribution in [1.29, 1.82) is 0 Å². The molecule has 2 aromatic heterocycles. The van der Waals surface area contributed by atoms with Crippen LogP contribution in [0.5, 0.6) is 0 Å². The lowest BCUT2D eigenvalue weighted by Gasteiger charge is -2.32. The smallest absolute Gasteiger partial charge is 0.259 e. The third-order valence-electron chi connectivity index (χ3n) is 5.39. The summed E-state index contributed by atoms with van der Waals surface area (Å²) in [6.45, 7) is 3.29. The van der Waals surface area contributed by atoms with Gasteiger partial charge >= 0.3 is 0 Å². The molecule has 0 spiro atoms. The van der Waals surface area contributed by atoms with Crippen molar-refractivity contribution in [3.8, 4) is 0 Å². The van der Waals surface area contributed by atoms with Crippen molar-refractivity contribution >= 4 is 22.6 Å². The molecule has 1 aliphatic rings. The topological polar surface area (TPSA) is 77.0 Å². The number of benzene rings is 1. The van der Waals surface area contributed by atoms with E-state index in [-0.39, 0.29) is 5.91 Å². The van der Waals surface area contributed by atoms with Crippen LogP contribution in [-0.4, -0.2) is 38.7 Å². The first-order chi connectivity index (χ1) is 12.6. The molecule has 2 N–H and O–H groups in total. The molecule has 1 amide bonds. The maximum atomic E-state index is 12.9. The third kappa shape index (κ3) is 2.71. The minimum atomic E-state index is -0.00821. The van der Waals surface area contributed by atoms with Crippen LogP contribution in [0.15, 0.2) is 36.5 Å². The molecule has 3 aromatic rings. The quantitative estimate of drug-likeness (QED) is 0.772. The molecule has 6 nitrogen and oxygen atoms in total. The number of hydrogen-bond acceptors (Lipinski definition) is 4. The predicted molar refractivity (Wildman–Crippen MR) is 102 cm³/mol. The molecule has 1 saturated heterocycles. The zero-order valence-electron chi connectivity index (χ0n) is 15.1. The van der Waals surface area contributed by atoms with Crippen LogP contribution in [0.25, 0.3) is 10.9 Å². The fraction of sp³-hybridized carbons (Fsp3) is 0.350.